The van der Waals surface area contributed by atoms with E-state index in [0.717, 1.165) is 30.4 Å². The van der Waals surface area contributed by atoms with E-state index in [-0.39, 0.29) is 24.0 Å². The molecule has 0 aliphatic rings. The van der Waals surface area contributed by atoms with Crippen molar-refractivity contribution in [3.8, 4) is 0 Å². The van der Waals surface area contributed by atoms with Crippen LogP contribution in [0.2, 0.25) is 0 Å². The molecule has 0 radical (unpaired) electrons. The van der Waals surface area contributed by atoms with Crippen LogP contribution in [0, 0.1) is 12.8 Å². The van der Waals surface area contributed by atoms with Gasteiger partial charge in [0.25, 0.3) is 0 Å². The van der Waals surface area contributed by atoms with Crippen molar-refractivity contribution in [2.45, 2.75) is 47.1 Å². The van der Waals surface area contributed by atoms with Crippen molar-refractivity contribution in [1.82, 2.24) is 15.6 Å². The maximum atomic E-state index is 4.60. The van der Waals surface area contributed by atoms with Crippen LogP contribution in [-0.4, -0.2) is 24.0 Å². The highest BCUT2D eigenvalue weighted by atomic mass is 127. The summed E-state index contributed by atoms with van der Waals surface area (Å²) >= 11 is 0. The first-order valence-electron chi connectivity index (χ1n) is 7.64. The van der Waals surface area contributed by atoms with Crippen molar-refractivity contribution in [2.75, 3.05) is 13.1 Å². The predicted octanol–water partition coefficient (Wildman–Crippen LogP) is 3.50. The number of aryl methyl sites for hydroxylation is 1. The van der Waals surface area contributed by atoms with Crippen LogP contribution in [0.25, 0.3) is 0 Å². The summed E-state index contributed by atoms with van der Waals surface area (Å²) in [6.07, 6.45) is 2.39. The normalized spacial score (nSPS) is 11.2. The number of aromatic nitrogens is 1. The fourth-order valence-electron chi connectivity index (χ4n) is 2.01. The van der Waals surface area contributed by atoms with Gasteiger partial charge in [0, 0.05) is 18.8 Å². The number of rotatable bonds is 7. The van der Waals surface area contributed by atoms with E-state index < -0.39 is 0 Å². The van der Waals surface area contributed by atoms with E-state index in [0.29, 0.717) is 12.5 Å². The predicted molar refractivity (Wildman–Crippen MR) is 101 cm³/mol. The molecule has 0 aliphatic heterocycles. The standard InChI is InChI=1S/C16H28N4.HI/c1-5-14(6-2)11-18-16(17-7-3)19-12-15-10-8-9-13(4)20-15;/h8-10,14H,5-7,11-12H2,1-4H3,(H2,17,18,19);1H. The Morgan fingerprint density at radius 2 is 1.90 bits per heavy atom. The van der Waals surface area contributed by atoms with Gasteiger partial charge in [0.05, 0.1) is 12.2 Å². The number of aliphatic imine (C=N–C) groups is 1. The van der Waals surface area contributed by atoms with Crippen molar-refractivity contribution in [3.63, 3.8) is 0 Å². The molecule has 0 aliphatic carbocycles. The van der Waals surface area contributed by atoms with Gasteiger partial charge in [-0.05, 0) is 31.9 Å². The number of hydrogen-bond donors (Lipinski definition) is 2. The van der Waals surface area contributed by atoms with Crippen molar-refractivity contribution in [1.29, 1.82) is 0 Å². The average Bonchev–Trinajstić information content (AvgIpc) is 2.45. The second-order valence-electron chi connectivity index (χ2n) is 5.03. The highest BCUT2D eigenvalue weighted by Gasteiger charge is 2.04. The molecule has 2 N–H and O–H groups in total. The summed E-state index contributed by atoms with van der Waals surface area (Å²) in [4.78, 5) is 9.07. The minimum absolute atomic E-state index is 0. The lowest BCUT2D eigenvalue weighted by Crippen LogP contribution is -2.39. The zero-order chi connectivity index (χ0) is 14.8. The molecule has 1 aromatic heterocycles. The fraction of sp³-hybridized carbons (Fsp3) is 0.625. The molecule has 0 saturated carbocycles. The molecule has 5 heteroatoms. The van der Waals surface area contributed by atoms with Crippen molar-refractivity contribution in [2.24, 2.45) is 10.9 Å². The second kappa shape index (κ2) is 11.8. The van der Waals surface area contributed by atoms with E-state index in [1.165, 1.54) is 12.8 Å². The molecule has 0 atom stereocenters. The molecule has 0 spiro atoms. The Morgan fingerprint density at radius 3 is 2.48 bits per heavy atom. The SMILES string of the molecule is CCNC(=NCc1cccc(C)n1)NCC(CC)CC.I. The van der Waals surface area contributed by atoms with E-state index in [9.17, 15) is 0 Å². The Morgan fingerprint density at radius 1 is 1.19 bits per heavy atom. The molecule has 0 aromatic carbocycles. The average molecular weight is 404 g/mol. The zero-order valence-corrected chi connectivity index (χ0v) is 16.0. The Kier molecular flexibility index (Phi) is 11.3. The maximum Gasteiger partial charge on any atom is 0.191 e. The van der Waals surface area contributed by atoms with Gasteiger partial charge in [0.2, 0.25) is 0 Å². The molecule has 1 heterocycles. The van der Waals surface area contributed by atoms with E-state index in [1.54, 1.807) is 0 Å². The van der Waals surface area contributed by atoms with Gasteiger partial charge in [-0.2, -0.15) is 0 Å². The largest absolute Gasteiger partial charge is 0.357 e. The van der Waals surface area contributed by atoms with Crippen LogP contribution >= 0.6 is 24.0 Å². The van der Waals surface area contributed by atoms with Gasteiger partial charge in [-0.25, -0.2) is 4.99 Å². The molecule has 1 rings (SSSR count). The van der Waals surface area contributed by atoms with Crippen LogP contribution in [0.1, 0.15) is 45.0 Å². The summed E-state index contributed by atoms with van der Waals surface area (Å²) in [7, 11) is 0. The molecular formula is C16H29IN4. The van der Waals surface area contributed by atoms with Crippen LogP contribution in [0.5, 0.6) is 0 Å². The quantitative estimate of drug-likeness (QED) is 0.416. The maximum absolute atomic E-state index is 4.60. The first-order valence-corrected chi connectivity index (χ1v) is 7.64. The van der Waals surface area contributed by atoms with Gasteiger partial charge in [0.15, 0.2) is 5.96 Å². The number of pyridine rings is 1. The van der Waals surface area contributed by atoms with Gasteiger partial charge in [0.1, 0.15) is 0 Å². The molecular weight excluding hydrogens is 375 g/mol. The third kappa shape index (κ3) is 8.24. The third-order valence-electron chi connectivity index (χ3n) is 3.40. The topological polar surface area (TPSA) is 49.3 Å². The van der Waals surface area contributed by atoms with Gasteiger partial charge in [-0.15, -0.1) is 24.0 Å². The lowest BCUT2D eigenvalue weighted by Gasteiger charge is -2.16. The van der Waals surface area contributed by atoms with Crippen LogP contribution < -0.4 is 10.6 Å². The highest BCUT2D eigenvalue weighted by molar-refractivity contribution is 14.0. The molecule has 0 saturated heterocycles. The Labute approximate surface area is 146 Å². The van der Waals surface area contributed by atoms with Crippen LogP contribution in [0.4, 0.5) is 0 Å². The van der Waals surface area contributed by atoms with Crippen molar-refractivity contribution in [3.05, 3.63) is 29.6 Å². The summed E-state index contributed by atoms with van der Waals surface area (Å²) in [5.74, 6) is 1.58. The summed E-state index contributed by atoms with van der Waals surface area (Å²) < 4.78 is 0. The number of guanidine groups is 1. The van der Waals surface area contributed by atoms with Crippen molar-refractivity contribution >= 4 is 29.9 Å². The third-order valence-corrected chi connectivity index (χ3v) is 3.40. The van der Waals surface area contributed by atoms with Gasteiger partial charge in [-0.1, -0.05) is 32.8 Å². The smallest absolute Gasteiger partial charge is 0.191 e. The first kappa shape index (κ1) is 20.1. The second-order valence-corrected chi connectivity index (χ2v) is 5.03. The minimum atomic E-state index is 0. The molecule has 0 amide bonds. The zero-order valence-electron chi connectivity index (χ0n) is 13.6. The van der Waals surface area contributed by atoms with E-state index in [1.807, 2.05) is 25.1 Å². The van der Waals surface area contributed by atoms with Gasteiger partial charge < -0.3 is 10.6 Å². The molecule has 4 nitrogen and oxygen atoms in total. The lowest BCUT2D eigenvalue weighted by molar-refractivity contribution is 0.481. The first-order chi connectivity index (χ1) is 9.69. The Balaban J connectivity index is 0.00000400. The summed E-state index contributed by atoms with van der Waals surface area (Å²) in [5, 5.41) is 6.70. The lowest BCUT2D eigenvalue weighted by atomic mass is 10.0. The molecule has 21 heavy (non-hydrogen) atoms. The summed E-state index contributed by atoms with van der Waals surface area (Å²) in [5.41, 5.74) is 2.04. The van der Waals surface area contributed by atoms with Gasteiger partial charge in [-0.3, -0.25) is 4.98 Å². The Hall–Kier alpha value is -0.850. The van der Waals surface area contributed by atoms with Gasteiger partial charge >= 0.3 is 0 Å². The summed E-state index contributed by atoms with van der Waals surface area (Å²) in [6, 6.07) is 6.04. The fourth-order valence-corrected chi connectivity index (χ4v) is 2.01. The molecule has 1 aromatic rings. The van der Waals surface area contributed by atoms with E-state index >= 15 is 0 Å². The number of halogens is 1. The number of nitrogens with zero attached hydrogens (tertiary/aromatic N) is 2. The number of nitrogens with one attached hydrogen (secondary N) is 2. The molecule has 120 valence electrons. The monoisotopic (exact) mass is 404 g/mol. The molecule has 0 unspecified atom stereocenters. The van der Waals surface area contributed by atoms with E-state index in [2.05, 4.69) is 41.4 Å². The van der Waals surface area contributed by atoms with E-state index in [4.69, 9.17) is 0 Å². The minimum Gasteiger partial charge on any atom is -0.357 e. The highest BCUT2D eigenvalue weighted by Crippen LogP contribution is 2.05. The molecule has 0 fully saturated rings. The summed E-state index contributed by atoms with van der Waals surface area (Å²) in [6.45, 7) is 11.0. The number of hydrogen-bond acceptors (Lipinski definition) is 2. The molecule has 0 bridgehead atoms. The van der Waals surface area contributed by atoms with Crippen LogP contribution in [0.15, 0.2) is 23.2 Å². The van der Waals surface area contributed by atoms with Crippen LogP contribution in [-0.2, 0) is 6.54 Å². The van der Waals surface area contributed by atoms with Crippen LogP contribution in [0.3, 0.4) is 0 Å². The Bertz CT molecular complexity index is 416. The van der Waals surface area contributed by atoms with Crippen molar-refractivity contribution < 1.29 is 0 Å².